The second kappa shape index (κ2) is 5.04. The highest BCUT2D eigenvalue weighted by molar-refractivity contribution is 6.82. The maximum Gasteiger partial charge on any atom is 0.208 e. The second-order valence-electron chi connectivity index (χ2n) is 7.61. The molecule has 0 aliphatic heterocycles. The lowest BCUT2D eigenvalue weighted by molar-refractivity contribution is 0.276. The Bertz CT molecular complexity index is 232. The molecule has 0 unspecified atom stereocenters. The van der Waals surface area contributed by atoms with Gasteiger partial charge in [0.05, 0.1) is 0 Å². The normalized spacial score (nSPS) is 15.2. The van der Waals surface area contributed by atoms with Gasteiger partial charge < -0.3 is 4.43 Å². The van der Waals surface area contributed by atoms with Crippen LogP contribution in [-0.2, 0) is 4.43 Å². The molecule has 2 heteroatoms. The molecular formula is C15H34OSi. The largest absolute Gasteiger partial charge is 0.418 e. The Morgan fingerprint density at radius 2 is 1.06 bits per heavy atom. The first-order chi connectivity index (χ1) is 7.43. The minimum absolute atomic E-state index is 0.251. The molecule has 0 rings (SSSR count). The third-order valence-corrected chi connectivity index (χ3v) is 12.3. The molecule has 0 atom stereocenters. The zero-order valence-electron chi connectivity index (χ0n) is 13.8. The summed E-state index contributed by atoms with van der Waals surface area (Å²) in [6, 6.07) is 0. The van der Waals surface area contributed by atoms with Gasteiger partial charge in [0.1, 0.15) is 0 Å². The van der Waals surface area contributed by atoms with Crippen LogP contribution in [0, 0.1) is 0 Å². The molecular weight excluding hydrogens is 224 g/mol. The minimum atomic E-state index is -1.93. The summed E-state index contributed by atoms with van der Waals surface area (Å²) >= 11 is 0. The van der Waals surface area contributed by atoms with E-state index in [0.717, 1.165) is 0 Å². The maximum absolute atomic E-state index is 6.35. The Labute approximate surface area is 110 Å². The van der Waals surface area contributed by atoms with Crippen molar-refractivity contribution in [3.8, 4) is 0 Å². The van der Waals surface area contributed by atoms with Crippen LogP contribution in [0.5, 0.6) is 0 Å². The number of hydrogen-bond acceptors (Lipinski definition) is 1. The van der Waals surface area contributed by atoms with Crippen LogP contribution in [0.3, 0.4) is 0 Å². The lowest BCUT2D eigenvalue weighted by Crippen LogP contribution is -2.61. The number of hydrogen-bond donors (Lipinski definition) is 0. The fourth-order valence-electron chi connectivity index (χ4n) is 4.30. The van der Waals surface area contributed by atoms with Crippen LogP contribution in [0.4, 0.5) is 0 Å². The third kappa shape index (κ3) is 2.48. The first kappa shape index (κ1) is 17.2. The Morgan fingerprint density at radius 3 is 1.18 bits per heavy atom. The van der Waals surface area contributed by atoms with Gasteiger partial charge in [0.15, 0.2) is 0 Å². The molecule has 0 saturated carbocycles. The number of rotatable bonds is 5. The van der Waals surface area contributed by atoms with E-state index < -0.39 is 8.32 Å². The molecule has 0 spiro atoms. The molecule has 0 aromatic rings. The van der Waals surface area contributed by atoms with Crippen LogP contribution in [-0.4, -0.2) is 15.4 Å². The van der Waals surface area contributed by atoms with Crippen molar-refractivity contribution in [2.45, 2.75) is 90.3 Å². The summed E-state index contributed by atoms with van der Waals surface area (Å²) in [5.74, 6) is 0. The molecule has 0 aromatic heterocycles. The summed E-state index contributed by atoms with van der Waals surface area (Å²) in [5.41, 5.74) is 0. The van der Waals surface area contributed by atoms with Crippen molar-refractivity contribution >= 4 is 8.32 Å². The van der Waals surface area contributed by atoms with Gasteiger partial charge in [-0.1, -0.05) is 75.2 Å². The van der Waals surface area contributed by atoms with E-state index in [4.69, 9.17) is 4.43 Å². The van der Waals surface area contributed by atoms with Gasteiger partial charge in [-0.2, -0.15) is 0 Å². The van der Waals surface area contributed by atoms with Gasteiger partial charge in [-0.25, -0.2) is 0 Å². The van der Waals surface area contributed by atoms with Crippen molar-refractivity contribution in [2.24, 2.45) is 0 Å². The molecule has 17 heavy (non-hydrogen) atoms. The lowest BCUT2D eigenvalue weighted by Gasteiger charge is -2.59. The van der Waals surface area contributed by atoms with Crippen molar-refractivity contribution in [1.82, 2.24) is 0 Å². The van der Waals surface area contributed by atoms with Crippen LogP contribution >= 0.6 is 0 Å². The van der Waals surface area contributed by atoms with Crippen molar-refractivity contribution in [2.75, 3.05) is 7.11 Å². The lowest BCUT2D eigenvalue weighted by atomic mass is 10.1. The molecule has 1 nitrogen and oxygen atoms in total. The first-order valence-electron chi connectivity index (χ1n) is 6.98. The zero-order valence-corrected chi connectivity index (χ0v) is 14.8. The third-order valence-electron chi connectivity index (χ3n) is 5.04. The summed E-state index contributed by atoms with van der Waals surface area (Å²) in [6.07, 6.45) is 2.38. The van der Waals surface area contributed by atoms with Crippen LogP contribution in [0.25, 0.3) is 0 Å². The predicted octanol–water partition coefficient (Wildman–Crippen LogP) is 5.76. The Balaban J connectivity index is 6.00. The quantitative estimate of drug-likeness (QED) is 0.570. The summed E-state index contributed by atoms with van der Waals surface area (Å²) in [4.78, 5) is 0. The Kier molecular flexibility index (Phi) is 5.10. The van der Waals surface area contributed by atoms with E-state index in [-0.39, 0.29) is 5.04 Å². The monoisotopic (exact) mass is 258 g/mol. The van der Waals surface area contributed by atoms with Crippen molar-refractivity contribution < 1.29 is 4.43 Å². The predicted molar refractivity (Wildman–Crippen MR) is 81.1 cm³/mol. The molecule has 0 aliphatic rings. The highest BCUT2D eigenvalue weighted by atomic mass is 28.4. The van der Waals surface area contributed by atoms with Crippen molar-refractivity contribution in [3.05, 3.63) is 0 Å². The standard InChI is InChI=1S/C15H34OSi/c1-11-14(6,7)17(16-10,13(3,4)5)15(8,9)12-2/h11-12H2,1-10H3. The highest BCUT2D eigenvalue weighted by Crippen LogP contribution is 2.64. The Hall–Kier alpha value is 0.177. The molecule has 0 aromatic carbocycles. The average molecular weight is 259 g/mol. The van der Waals surface area contributed by atoms with Gasteiger partial charge >= 0.3 is 0 Å². The van der Waals surface area contributed by atoms with Crippen LogP contribution < -0.4 is 0 Å². The van der Waals surface area contributed by atoms with E-state index in [1.165, 1.54) is 12.8 Å². The van der Waals surface area contributed by atoms with Gasteiger partial charge in [-0.05, 0) is 15.1 Å². The topological polar surface area (TPSA) is 9.23 Å². The van der Waals surface area contributed by atoms with E-state index in [2.05, 4.69) is 62.3 Å². The van der Waals surface area contributed by atoms with Crippen molar-refractivity contribution in [1.29, 1.82) is 0 Å². The molecule has 0 amide bonds. The van der Waals surface area contributed by atoms with Crippen LogP contribution in [0.15, 0.2) is 0 Å². The summed E-state index contributed by atoms with van der Waals surface area (Å²) < 4.78 is 6.35. The van der Waals surface area contributed by atoms with Gasteiger partial charge in [0.2, 0.25) is 8.32 Å². The molecule has 0 aliphatic carbocycles. The molecule has 0 saturated heterocycles. The highest BCUT2D eigenvalue weighted by Gasteiger charge is 2.63. The van der Waals surface area contributed by atoms with Crippen molar-refractivity contribution in [3.63, 3.8) is 0 Å². The summed E-state index contributed by atoms with van der Waals surface area (Å²) in [7, 11) is 0.0244. The van der Waals surface area contributed by atoms with Gasteiger partial charge in [-0.15, -0.1) is 0 Å². The molecule has 0 bridgehead atoms. The second-order valence-corrected chi connectivity index (χ2v) is 13.6. The van der Waals surface area contributed by atoms with Gasteiger partial charge in [-0.3, -0.25) is 0 Å². The first-order valence-corrected chi connectivity index (χ1v) is 8.89. The molecule has 104 valence electrons. The zero-order chi connectivity index (χ0) is 14.1. The average Bonchev–Trinajstić information content (AvgIpc) is 2.16. The summed E-state index contributed by atoms with van der Waals surface area (Å²) in [5, 5.41) is 0.833. The van der Waals surface area contributed by atoms with E-state index >= 15 is 0 Å². The van der Waals surface area contributed by atoms with E-state index in [1.807, 2.05) is 7.11 Å². The van der Waals surface area contributed by atoms with E-state index in [1.54, 1.807) is 0 Å². The van der Waals surface area contributed by atoms with Gasteiger partial charge in [0.25, 0.3) is 0 Å². The van der Waals surface area contributed by atoms with Crippen LogP contribution in [0.1, 0.15) is 75.2 Å². The Morgan fingerprint density at radius 1 is 0.765 bits per heavy atom. The maximum atomic E-state index is 6.35. The molecule has 0 heterocycles. The fourth-order valence-corrected chi connectivity index (χ4v) is 12.9. The SMILES string of the molecule is CCC(C)(C)[Si](OC)(C(C)(C)C)C(C)(C)CC. The van der Waals surface area contributed by atoms with Crippen LogP contribution in [0.2, 0.25) is 15.1 Å². The molecule has 0 radical (unpaired) electrons. The minimum Gasteiger partial charge on any atom is -0.418 e. The van der Waals surface area contributed by atoms with Gasteiger partial charge in [0, 0.05) is 7.11 Å². The molecule has 0 fully saturated rings. The fraction of sp³-hybridized carbons (Fsp3) is 1.00. The molecule has 0 N–H and O–H groups in total. The van der Waals surface area contributed by atoms with E-state index in [0.29, 0.717) is 10.1 Å². The van der Waals surface area contributed by atoms with E-state index in [9.17, 15) is 0 Å². The smallest absolute Gasteiger partial charge is 0.208 e. The summed E-state index contributed by atoms with van der Waals surface area (Å²) in [6.45, 7) is 21.4.